The lowest BCUT2D eigenvalue weighted by atomic mass is 9.99. The van der Waals surface area contributed by atoms with Crippen molar-refractivity contribution in [3.63, 3.8) is 0 Å². The van der Waals surface area contributed by atoms with Crippen LogP contribution in [0.4, 0.5) is 0 Å². The van der Waals surface area contributed by atoms with Crippen LogP contribution in [0.5, 0.6) is 0 Å². The molecule has 0 radical (unpaired) electrons. The van der Waals surface area contributed by atoms with Crippen molar-refractivity contribution in [1.29, 1.82) is 0 Å². The minimum absolute atomic E-state index is 0.00910. The van der Waals surface area contributed by atoms with Crippen molar-refractivity contribution in [2.24, 2.45) is 0 Å². The van der Waals surface area contributed by atoms with E-state index in [1.807, 2.05) is 42.5 Å². The van der Waals surface area contributed by atoms with E-state index in [9.17, 15) is 9.59 Å². The number of carbonyl (C=O) groups excluding carboxylic acids is 2. The van der Waals surface area contributed by atoms with Crippen molar-refractivity contribution in [2.45, 2.75) is 18.6 Å². The highest BCUT2D eigenvalue weighted by Gasteiger charge is 2.36. The lowest BCUT2D eigenvalue weighted by Gasteiger charge is -2.41. The lowest BCUT2D eigenvalue weighted by Crippen LogP contribution is -2.61. The summed E-state index contributed by atoms with van der Waals surface area (Å²) in [5, 5.41) is 3.91. The summed E-state index contributed by atoms with van der Waals surface area (Å²) in [6, 6.07) is 13.1. The van der Waals surface area contributed by atoms with Gasteiger partial charge < -0.3 is 15.0 Å². The van der Waals surface area contributed by atoms with Crippen molar-refractivity contribution in [1.82, 2.24) is 20.2 Å². The zero-order valence-corrected chi connectivity index (χ0v) is 15.7. The fourth-order valence-corrected chi connectivity index (χ4v) is 4.07. The molecule has 29 heavy (non-hydrogen) atoms. The number of fused-ring (bicyclic) bond motifs is 2. The number of amides is 2. The van der Waals surface area contributed by atoms with Crippen molar-refractivity contribution < 1.29 is 14.3 Å². The third-order valence-electron chi connectivity index (χ3n) is 5.55. The van der Waals surface area contributed by atoms with Crippen LogP contribution >= 0.6 is 0 Å². The zero-order chi connectivity index (χ0) is 19.8. The van der Waals surface area contributed by atoms with Gasteiger partial charge in [0.1, 0.15) is 6.61 Å². The Kier molecular flexibility index (Phi) is 4.44. The van der Waals surface area contributed by atoms with Crippen molar-refractivity contribution >= 4 is 22.7 Å². The Labute approximate surface area is 167 Å². The zero-order valence-electron chi connectivity index (χ0n) is 15.7. The van der Waals surface area contributed by atoms with Crippen LogP contribution < -0.4 is 5.32 Å². The number of aromatic nitrogens is 2. The van der Waals surface area contributed by atoms with Gasteiger partial charge in [-0.15, -0.1) is 0 Å². The molecule has 2 saturated heterocycles. The third-order valence-corrected chi connectivity index (χ3v) is 5.55. The number of pyridine rings is 2. The Bertz CT molecular complexity index is 1080. The topological polar surface area (TPSA) is 84.4 Å². The summed E-state index contributed by atoms with van der Waals surface area (Å²) in [6.45, 7) is 1.19. The van der Waals surface area contributed by atoms with E-state index in [2.05, 4.69) is 15.3 Å². The highest BCUT2D eigenvalue weighted by Crippen LogP contribution is 2.26. The van der Waals surface area contributed by atoms with Crippen molar-refractivity contribution in [3.05, 3.63) is 60.4 Å². The summed E-state index contributed by atoms with van der Waals surface area (Å²) < 4.78 is 5.57. The Morgan fingerprint density at radius 1 is 1.10 bits per heavy atom. The van der Waals surface area contributed by atoms with Crippen LogP contribution in [0.15, 0.2) is 54.9 Å². The van der Waals surface area contributed by atoms with E-state index in [-0.39, 0.29) is 30.6 Å². The van der Waals surface area contributed by atoms with E-state index in [0.29, 0.717) is 18.7 Å². The maximum Gasteiger partial charge on any atom is 0.253 e. The van der Waals surface area contributed by atoms with Crippen molar-refractivity contribution in [2.75, 3.05) is 19.7 Å². The number of hydrogen-bond acceptors (Lipinski definition) is 5. The minimum atomic E-state index is -0.138. The molecule has 0 bridgehead atoms. The monoisotopic (exact) mass is 388 g/mol. The Balaban J connectivity index is 1.36. The first-order chi connectivity index (χ1) is 14.2. The second-order valence-corrected chi connectivity index (χ2v) is 7.37. The average molecular weight is 388 g/mol. The summed E-state index contributed by atoms with van der Waals surface area (Å²) in [6.07, 6.45) is 4.22. The molecule has 1 N–H and O–H groups in total. The second kappa shape index (κ2) is 7.25. The molecule has 2 amide bonds. The standard InChI is InChI=1S/C22H20N4O3/c27-20-13-29-19-8-11-26(12-18(19)25-20)22(28)15-5-3-14(4-6-15)21-16-2-1-9-23-17(16)7-10-24-21/h1-7,9-10,18-19H,8,11-13H2,(H,25,27)/t18-,19+/m0/s1. The van der Waals surface area contributed by atoms with Gasteiger partial charge in [-0.2, -0.15) is 0 Å². The van der Waals surface area contributed by atoms with Crippen molar-refractivity contribution in [3.8, 4) is 11.3 Å². The number of hydrogen-bond donors (Lipinski definition) is 1. The Hall–Kier alpha value is -3.32. The van der Waals surface area contributed by atoms with Crippen LogP contribution in [0.2, 0.25) is 0 Å². The maximum atomic E-state index is 13.0. The molecule has 146 valence electrons. The SMILES string of the molecule is O=C1CO[C@@H]2CCN(C(=O)c3ccc(-c4nccc5ncccc45)cc3)C[C@@H]2N1. The third kappa shape index (κ3) is 3.34. The van der Waals surface area contributed by atoms with Gasteiger partial charge in [-0.05, 0) is 36.8 Å². The quantitative estimate of drug-likeness (QED) is 0.726. The van der Waals surface area contributed by atoms with Gasteiger partial charge in [0, 0.05) is 42.0 Å². The molecule has 5 rings (SSSR count). The number of likely N-dealkylation sites (tertiary alicyclic amines) is 1. The van der Waals surface area contributed by atoms with Gasteiger partial charge >= 0.3 is 0 Å². The summed E-state index contributed by atoms with van der Waals surface area (Å²) in [7, 11) is 0. The van der Waals surface area contributed by atoms with Gasteiger partial charge in [0.25, 0.3) is 5.91 Å². The van der Waals surface area contributed by atoms with Crippen LogP contribution in [-0.2, 0) is 9.53 Å². The molecular formula is C22H20N4O3. The molecule has 1 aromatic carbocycles. The van der Waals surface area contributed by atoms with Crippen LogP contribution in [-0.4, -0.2) is 58.5 Å². The van der Waals surface area contributed by atoms with Crippen LogP contribution in [0, 0.1) is 0 Å². The first-order valence-electron chi connectivity index (χ1n) is 9.69. The predicted octanol–water partition coefficient (Wildman–Crippen LogP) is 2.03. The van der Waals surface area contributed by atoms with Crippen LogP contribution in [0.3, 0.4) is 0 Å². The number of benzene rings is 1. The smallest absolute Gasteiger partial charge is 0.253 e. The molecule has 2 aliphatic rings. The van der Waals surface area contributed by atoms with Gasteiger partial charge in [0.15, 0.2) is 0 Å². The maximum absolute atomic E-state index is 13.0. The molecule has 0 aliphatic carbocycles. The Morgan fingerprint density at radius 2 is 1.97 bits per heavy atom. The van der Waals surface area contributed by atoms with Crippen LogP contribution in [0.25, 0.3) is 22.2 Å². The van der Waals surface area contributed by atoms with E-state index in [1.54, 1.807) is 17.3 Å². The van der Waals surface area contributed by atoms with E-state index < -0.39 is 0 Å². The van der Waals surface area contributed by atoms with Gasteiger partial charge in [0.2, 0.25) is 5.91 Å². The van der Waals surface area contributed by atoms with E-state index in [0.717, 1.165) is 28.6 Å². The molecule has 0 spiro atoms. The molecule has 0 unspecified atom stereocenters. The number of nitrogens with one attached hydrogen (secondary N) is 1. The fourth-order valence-electron chi connectivity index (χ4n) is 4.07. The average Bonchev–Trinajstić information content (AvgIpc) is 2.78. The van der Waals surface area contributed by atoms with Crippen LogP contribution in [0.1, 0.15) is 16.8 Å². The Morgan fingerprint density at radius 3 is 2.83 bits per heavy atom. The van der Waals surface area contributed by atoms with Gasteiger partial charge in [-0.1, -0.05) is 12.1 Å². The normalized spacial score (nSPS) is 21.5. The molecule has 7 nitrogen and oxygen atoms in total. The summed E-state index contributed by atoms with van der Waals surface area (Å²) in [4.78, 5) is 35.2. The number of nitrogens with zero attached hydrogens (tertiary/aromatic N) is 3. The van der Waals surface area contributed by atoms with E-state index in [1.165, 1.54) is 0 Å². The number of carbonyl (C=O) groups is 2. The first-order valence-corrected chi connectivity index (χ1v) is 9.69. The molecule has 4 heterocycles. The molecule has 3 aromatic rings. The fraction of sp³-hybridized carbons (Fsp3) is 0.273. The summed E-state index contributed by atoms with van der Waals surface area (Å²) in [5.74, 6) is -0.163. The highest BCUT2D eigenvalue weighted by molar-refractivity contribution is 5.96. The summed E-state index contributed by atoms with van der Waals surface area (Å²) in [5.41, 5.74) is 3.29. The van der Waals surface area contributed by atoms with Gasteiger partial charge in [-0.25, -0.2) is 0 Å². The molecule has 2 fully saturated rings. The largest absolute Gasteiger partial charge is 0.366 e. The number of rotatable bonds is 2. The molecule has 7 heteroatoms. The lowest BCUT2D eigenvalue weighted by molar-refractivity contribution is -0.139. The van der Waals surface area contributed by atoms with Gasteiger partial charge in [-0.3, -0.25) is 19.6 Å². The number of ether oxygens (including phenoxy) is 1. The van der Waals surface area contributed by atoms with Gasteiger partial charge in [0.05, 0.1) is 23.4 Å². The predicted molar refractivity (Wildman–Crippen MR) is 107 cm³/mol. The minimum Gasteiger partial charge on any atom is -0.366 e. The molecule has 2 aliphatic heterocycles. The molecule has 2 aromatic heterocycles. The first kappa shape index (κ1) is 17.8. The van der Waals surface area contributed by atoms with E-state index in [4.69, 9.17) is 4.74 Å². The molecule has 2 atom stereocenters. The summed E-state index contributed by atoms with van der Waals surface area (Å²) >= 11 is 0. The second-order valence-electron chi connectivity index (χ2n) is 7.37. The molecule has 0 saturated carbocycles. The number of piperidine rings is 1. The number of morpholine rings is 1. The molecular weight excluding hydrogens is 368 g/mol. The highest BCUT2D eigenvalue weighted by atomic mass is 16.5. The van der Waals surface area contributed by atoms with E-state index >= 15 is 0 Å².